The average molecular weight is 239 g/mol. The molecule has 1 atom stereocenters. The third kappa shape index (κ3) is 4.24. The van der Waals surface area contributed by atoms with Crippen LogP contribution in [-0.4, -0.2) is 31.5 Å². The number of rotatable bonds is 7. The van der Waals surface area contributed by atoms with Crippen molar-refractivity contribution in [3.05, 3.63) is 23.8 Å². The molecule has 0 saturated heterocycles. The summed E-state index contributed by atoms with van der Waals surface area (Å²) in [5.41, 5.74) is 6.32. The molecule has 17 heavy (non-hydrogen) atoms. The molecule has 96 valence electrons. The van der Waals surface area contributed by atoms with Crippen LogP contribution in [0, 0.1) is 6.92 Å². The Morgan fingerprint density at radius 2 is 2.06 bits per heavy atom. The van der Waals surface area contributed by atoms with E-state index in [-0.39, 0.29) is 6.61 Å². The SMILES string of the molecule is COc1cccc(OCC(O)CCCN)c1C. The van der Waals surface area contributed by atoms with Crippen LogP contribution in [-0.2, 0) is 0 Å². The number of nitrogens with two attached hydrogens (primary N) is 1. The van der Waals surface area contributed by atoms with Crippen molar-refractivity contribution in [1.29, 1.82) is 0 Å². The first-order valence-electron chi connectivity index (χ1n) is 5.83. The lowest BCUT2D eigenvalue weighted by Gasteiger charge is -2.14. The van der Waals surface area contributed by atoms with Crippen LogP contribution in [0.25, 0.3) is 0 Å². The molecule has 0 bridgehead atoms. The summed E-state index contributed by atoms with van der Waals surface area (Å²) < 4.78 is 10.8. The lowest BCUT2D eigenvalue weighted by atomic mass is 10.2. The van der Waals surface area contributed by atoms with Crippen molar-refractivity contribution in [1.82, 2.24) is 0 Å². The fourth-order valence-electron chi connectivity index (χ4n) is 1.59. The highest BCUT2D eigenvalue weighted by molar-refractivity contribution is 5.43. The molecule has 3 N–H and O–H groups in total. The lowest BCUT2D eigenvalue weighted by molar-refractivity contribution is 0.0982. The van der Waals surface area contributed by atoms with Gasteiger partial charge >= 0.3 is 0 Å². The van der Waals surface area contributed by atoms with Gasteiger partial charge in [0.1, 0.15) is 18.1 Å². The van der Waals surface area contributed by atoms with Gasteiger partial charge in [0.15, 0.2) is 0 Å². The van der Waals surface area contributed by atoms with Crippen molar-refractivity contribution in [2.45, 2.75) is 25.9 Å². The Morgan fingerprint density at radius 3 is 2.71 bits per heavy atom. The molecular formula is C13H21NO3. The smallest absolute Gasteiger partial charge is 0.126 e. The molecule has 4 heteroatoms. The van der Waals surface area contributed by atoms with Gasteiger partial charge in [-0.05, 0) is 38.4 Å². The number of hydrogen-bond donors (Lipinski definition) is 2. The Hall–Kier alpha value is -1.26. The Bertz CT molecular complexity index is 341. The van der Waals surface area contributed by atoms with Gasteiger partial charge in [-0.3, -0.25) is 0 Å². The average Bonchev–Trinajstić information content (AvgIpc) is 2.35. The summed E-state index contributed by atoms with van der Waals surface area (Å²) in [6.07, 6.45) is 1.00. The Balaban J connectivity index is 2.51. The quantitative estimate of drug-likeness (QED) is 0.756. The number of ether oxygens (including phenoxy) is 2. The maximum atomic E-state index is 9.65. The highest BCUT2D eigenvalue weighted by Gasteiger charge is 2.08. The second kappa shape index (κ2) is 7.14. The minimum absolute atomic E-state index is 0.286. The van der Waals surface area contributed by atoms with Gasteiger partial charge in [-0.2, -0.15) is 0 Å². The Kier molecular flexibility index (Phi) is 5.80. The van der Waals surface area contributed by atoms with E-state index >= 15 is 0 Å². The molecule has 0 saturated carbocycles. The highest BCUT2D eigenvalue weighted by atomic mass is 16.5. The van der Waals surface area contributed by atoms with Gasteiger partial charge < -0.3 is 20.3 Å². The number of aliphatic hydroxyl groups excluding tert-OH is 1. The summed E-state index contributed by atoms with van der Waals surface area (Å²) in [5.74, 6) is 1.54. The van der Waals surface area contributed by atoms with Crippen LogP contribution in [0.3, 0.4) is 0 Å². The van der Waals surface area contributed by atoms with Crippen LogP contribution in [0.4, 0.5) is 0 Å². The first-order chi connectivity index (χ1) is 8.19. The molecule has 0 amide bonds. The normalized spacial score (nSPS) is 12.2. The van der Waals surface area contributed by atoms with Gasteiger partial charge in [0.25, 0.3) is 0 Å². The van der Waals surface area contributed by atoms with E-state index in [1.165, 1.54) is 0 Å². The van der Waals surface area contributed by atoms with Crippen LogP contribution in [0.1, 0.15) is 18.4 Å². The third-order valence-corrected chi connectivity index (χ3v) is 2.63. The number of benzene rings is 1. The van der Waals surface area contributed by atoms with Gasteiger partial charge in [-0.25, -0.2) is 0 Å². The van der Waals surface area contributed by atoms with Crippen LogP contribution < -0.4 is 15.2 Å². The molecule has 0 heterocycles. The summed E-state index contributed by atoms with van der Waals surface area (Å²) in [4.78, 5) is 0. The molecular weight excluding hydrogens is 218 g/mol. The molecule has 0 spiro atoms. The van der Waals surface area contributed by atoms with Crippen molar-refractivity contribution < 1.29 is 14.6 Å². The number of methoxy groups -OCH3 is 1. The largest absolute Gasteiger partial charge is 0.496 e. The molecule has 0 aliphatic carbocycles. The van der Waals surface area contributed by atoms with E-state index in [0.29, 0.717) is 13.0 Å². The molecule has 0 aromatic heterocycles. The Morgan fingerprint density at radius 1 is 1.35 bits per heavy atom. The van der Waals surface area contributed by atoms with Gasteiger partial charge in [0.05, 0.1) is 13.2 Å². The van der Waals surface area contributed by atoms with E-state index in [4.69, 9.17) is 15.2 Å². The summed E-state index contributed by atoms with van der Waals surface area (Å²) in [7, 11) is 1.63. The molecule has 1 rings (SSSR count). The van der Waals surface area contributed by atoms with Crippen molar-refractivity contribution >= 4 is 0 Å². The van der Waals surface area contributed by atoms with E-state index in [2.05, 4.69) is 0 Å². The number of hydrogen-bond acceptors (Lipinski definition) is 4. The predicted octanol–water partition coefficient (Wildman–Crippen LogP) is 1.48. The summed E-state index contributed by atoms with van der Waals surface area (Å²) in [6, 6.07) is 5.62. The fraction of sp³-hybridized carbons (Fsp3) is 0.538. The van der Waals surface area contributed by atoms with Crippen LogP contribution in [0.2, 0.25) is 0 Å². The zero-order chi connectivity index (χ0) is 12.7. The topological polar surface area (TPSA) is 64.7 Å². The monoisotopic (exact) mass is 239 g/mol. The van der Waals surface area contributed by atoms with Crippen LogP contribution >= 0.6 is 0 Å². The molecule has 0 radical (unpaired) electrons. The first kappa shape index (κ1) is 13.8. The van der Waals surface area contributed by atoms with Gasteiger partial charge in [-0.15, -0.1) is 0 Å². The highest BCUT2D eigenvalue weighted by Crippen LogP contribution is 2.27. The van der Waals surface area contributed by atoms with Crippen molar-refractivity contribution in [3.8, 4) is 11.5 Å². The van der Waals surface area contributed by atoms with E-state index in [0.717, 1.165) is 23.5 Å². The maximum absolute atomic E-state index is 9.65. The zero-order valence-electron chi connectivity index (χ0n) is 10.5. The minimum Gasteiger partial charge on any atom is -0.496 e. The molecule has 1 unspecified atom stereocenters. The van der Waals surface area contributed by atoms with Crippen molar-refractivity contribution in [2.75, 3.05) is 20.3 Å². The molecule has 4 nitrogen and oxygen atoms in total. The third-order valence-electron chi connectivity index (χ3n) is 2.63. The van der Waals surface area contributed by atoms with Gasteiger partial charge in [0, 0.05) is 5.56 Å². The lowest BCUT2D eigenvalue weighted by Crippen LogP contribution is -2.19. The maximum Gasteiger partial charge on any atom is 0.126 e. The van der Waals surface area contributed by atoms with Crippen molar-refractivity contribution in [3.63, 3.8) is 0 Å². The molecule has 0 fully saturated rings. The molecule has 1 aromatic carbocycles. The van der Waals surface area contributed by atoms with E-state index in [1.54, 1.807) is 7.11 Å². The summed E-state index contributed by atoms with van der Waals surface area (Å²) in [5, 5.41) is 9.65. The minimum atomic E-state index is -0.468. The molecule has 1 aromatic rings. The van der Waals surface area contributed by atoms with Crippen LogP contribution in [0.15, 0.2) is 18.2 Å². The Labute approximate surface area is 102 Å². The second-order valence-corrected chi connectivity index (χ2v) is 3.98. The second-order valence-electron chi connectivity index (χ2n) is 3.98. The first-order valence-corrected chi connectivity index (χ1v) is 5.83. The predicted molar refractivity (Wildman–Crippen MR) is 67.5 cm³/mol. The van der Waals surface area contributed by atoms with E-state index in [1.807, 2.05) is 25.1 Å². The fourth-order valence-corrected chi connectivity index (χ4v) is 1.59. The summed E-state index contributed by atoms with van der Waals surface area (Å²) >= 11 is 0. The van der Waals surface area contributed by atoms with Gasteiger partial charge in [-0.1, -0.05) is 6.07 Å². The zero-order valence-corrected chi connectivity index (χ0v) is 10.5. The molecule has 0 aliphatic heterocycles. The van der Waals surface area contributed by atoms with E-state index < -0.39 is 6.10 Å². The van der Waals surface area contributed by atoms with Crippen LogP contribution in [0.5, 0.6) is 11.5 Å². The standard InChI is InChI=1S/C13H21NO3/c1-10-12(16-2)6-3-7-13(10)17-9-11(15)5-4-8-14/h3,6-7,11,15H,4-5,8-9,14H2,1-2H3. The molecule has 0 aliphatic rings. The van der Waals surface area contributed by atoms with Gasteiger partial charge in [0.2, 0.25) is 0 Å². The number of aliphatic hydroxyl groups is 1. The van der Waals surface area contributed by atoms with E-state index in [9.17, 15) is 5.11 Å². The summed E-state index contributed by atoms with van der Waals surface area (Å²) in [6.45, 7) is 2.81. The van der Waals surface area contributed by atoms with Crippen molar-refractivity contribution in [2.24, 2.45) is 5.73 Å².